The quantitative estimate of drug-likeness (QED) is 0.930. The second-order valence-corrected chi connectivity index (χ2v) is 4.54. The van der Waals surface area contributed by atoms with Crippen molar-refractivity contribution < 1.29 is 27.4 Å². The molecule has 4 nitrogen and oxygen atoms in total. The van der Waals surface area contributed by atoms with E-state index in [1.54, 1.807) is 18.2 Å². The highest BCUT2D eigenvalue weighted by molar-refractivity contribution is 5.91. The van der Waals surface area contributed by atoms with Crippen molar-refractivity contribution in [2.75, 3.05) is 18.5 Å². The molecule has 2 rings (SSSR count). The van der Waals surface area contributed by atoms with E-state index in [2.05, 4.69) is 14.8 Å². The molecular weight excluding hydrogens is 275 g/mol. The van der Waals surface area contributed by atoms with E-state index >= 15 is 0 Å². The molecule has 0 saturated carbocycles. The van der Waals surface area contributed by atoms with Crippen LogP contribution in [0, 0.1) is 6.92 Å². The van der Waals surface area contributed by atoms with Crippen molar-refractivity contribution in [1.82, 2.24) is 0 Å². The van der Waals surface area contributed by atoms with Crippen molar-refractivity contribution in [1.29, 1.82) is 0 Å². The molecule has 0 spiro atoms. The van der Waals surface area contributed by atoms with E-state index in [-0.39, 0.29) is 13.2 Å². The summed E-state index contributed by atoms with van der Waals surface area (Å²) in [5.41, 5.74) is 1.33. The van der Waals surface area contributed by atoms with Gasteiger partial charge in [-0.2, -0.15) is 13.2 Å². The number of rotatable bonds is 3. The standard InChI is InChI=1S/C13H14F3NO3/c1-9-3-2-4-10(7-9)17-11(18)8-12(13(14,15)16)19-5-6-20-12/h2-4,7H,5-6,8H2,1H3,(H,17,18). The number of halogens is 3. The minimum Gasteiger partial charge on any atom is -0.340 e. The van der Waals surface area contributed by atoms with Crippen LogP contribution >= 0.6 is 0 Å². The lowest BCUT2D eigenvalue weighted by Gasteiger charge is -2.28. The van der Waals surface area contributed by atoms with Crippen molar-refractivity contribution in [3.63, 3.8) is 0 Å². The third-order valence-corrected chi connectivity index (χ3v) is 2.88. The van der Waals surface area contributed by atoms with Crippen LogP contribution in [0.5, 0.6) is 0 Å². The fourth-order valence-corrected chi connectivity index (χ4v) is 1.96. The van der Waals surface area contributed by atoms with Crippen molar-refractivity contribution in [3.8, 4) is 0 Å². The van der Waals surface area contributed by atoms with Gasteiger partial charge in [0.1, 0.15) is 0 Å². The summed E-state index contributed by atoms with van der Waals surface area (Å²) in [6, 6.07) is 6.78. The molecular formula is C13H14F3NO3. The average Bonchev–Trinajstić information content (AvgIpc) is 2.77. The van der Waals surface area contributed by atoms with Gasteiger partial charge in [0.2, 0.25) is 5.91 Å². The first-order valence-corrected chi connectivity index (χ1v) is 6.04. The Morgan fingerprint density at radius 3 is 2.55 bits per heavy atom. The Labute approximate surface area is 113 Å². The Balaban J connectivity index is 2.06. The van der Waals surface area contributed by atoms with Crippen LogP contribution in [0.1, 0.15) is 12.0 Å². The smallest absolute Gasteiger partial charge is 0.340 e. The summed E-state index contributed by atoms with van der Waals surface area (Å²) in [4.78, 5) is 11.8. The summed E-state index contributed by atoms with van der Waals surface area (Å²) in [5.74, 6) is -3.64. The molecule has 1 aromatic carbocycles. The van der Waals surface area contributed by atoms with Crippen LogP contribution < -0.4 is 5.32 Å². The van der Waals surface area contributed by atoms with Crippen LogP contribution in [0.2, 0.25) is 0 Å². The van der Waals surface area contributed by atoms with Gasteiger partial charge in [-0.3, -0.25) is 4.79 Å². The zero-order valence-electron chi connectivity index (χ0n) is 10.8. The molecule has 1 aromatic rings. The first kappa shape index (κ1) is 14.8. The number of carbonyl (C=O) groups is 1. The average molecular weight is 289 g/mol. The van der Waals surface area contributed by atoms with E-state index in [1.807, 2.05) is 13.0 Å². The molecule has 0 atom stereocenters. The number of benzene rings is 1. The first-order valence-electron chi connectivity index (χ1n) is 6.04. The Hall–Kier alpha value is -1.60. The van der Waals surface area contributed by atoms with Crippen LogP contribution in [0.25, 0.3) is 0 Å². The number of nitrogens with one attached hydrogen (secondary N) is 1. The molecule has 0 radical (unpaired) electrons. The SMILES string of the molecule is Cc1cccc(NC(=O)CC2(C(F)(F)F)OCCO2)c1. The van der Waals surface area contributed by atoms with Gasteiger partial charge in [-0.1, -0.05) is 12.1 Å². The summed E-state index contributed by atoms with van der Waals surface area (Å²) in [7, 11) is 0. The summed E-state index contributed by atoms with van der Waals surface area (Å²) >= 11 is 0. The van der Waals surface area contributed by atoms with E-state index < -0.39 is 24.3 Å². The van der Waals surface area contributed by atoms with Crippen LogP contribution in [-0.2, 0) is 14.3 Å². The predicted octanol–water partition coefficient (Wildman–Crippen LogP) is 2.63. The Kier molecular flexibility index (Phi) is 4.01. The largest absolute Gasteiger partial charge is 0.443 e. The molecule has 0 bridgehead atoms. The molecule has 0 aromatic heterocycles. The fourth-order valence-electron chi connectivity index (χ4n) is 1.96. The molecule has 1 amide bonds. The second-order valence-electron chi connectivity index (χ2n) is 4.54. The van der Waals surface area contributed by atoms with Gasteiger partial charge in [-0.15, -0.1) is 0 Å². The van der Waals surface area contributed by atoms with Crippen LogP contribution in [0.3, 0.4) is 0 Å². The van der Waals surface area contributed by atoms with Crippen LogP contribution in [0.15, 0.2) is 24.3 Å². The molecule has 1 aliphatic heterocycles. The third-order valence-electron chi connectivity index (χ3n) is 2.88. The molecule has 0 unspecified atom stereocenters. The number of carbonyl (C=O) groups excluding carboxylic acids is 1. The third kappa shape index (κ3) is 3.10. The highest BCUT2D eigenvalue weighted by Crippen LogP contribution is 2.40. The van der Waals surface area contributed by atoms with Crippen molar-refractivity contribution in [3.05, 3.63) is 29.8 Å². The molecule has 7 heteroatoms. The molecule has 1 heterocycles. The molecule has 110 valence electrons. The van der Waals surface area contributed by atoms with Gasteiger partial charge in [-0.05, 0) is 24.6 Å². The van der Waals surface area contributed by atoms with Gasteiger partial charge in [-0.25, -0.2) is 0 Å². The lowest BCUT2D eigenvalue weighted by Crippen LogP contribution is -2.48. The normalized spacial score (nSPS) is 18.0. The highest BCUT2D eigenvalue weighted by Gasteiger charge is 2.61. The number of alkyl halides is 3. The summed E-state index contributed by atoms with van der Waals surface area (Å²) in [6.45, 7) is 1.45. The maximum absolute atomic E-state index is 12.9. The minimum absolute atomic E-state index is 0.183. The van der Waals surface area contributed by atoms with Crippen molar-refractivity contribution in [2.24, 2.45) is 0 Å². The predicted molar refractivity (Wildman–Crippen MR) is 65.1 cm³/mol. The lowest BCUT2D eigenvalue weighted by atomic mass is 10.1. The molecule has 1 saturated heterocycles. The van der Waals surface area contributed by atoms with Gasteiger partial charge < -0.3 is 14.8 Å². The van der Waals surface area contributed by atoms with Gasteiger partial charge >= 0.3 is 6.18 Å². The lowest BCUT2D eigenvalue weighted by molar-refractivity contribution is -0.342. The van der Waals surface area contributed by atoms with E-state index in [4.69, 9.17) is 0 Å². The molecule has 1 fully saturated rings. The first-order chi connectivity index (χ1) is 9.32. The number of ether oxygens (including phenoxy) is 2. The van der Waals surface area contributed by atoms with Crippen molar-refractivity contribution in [2.45, 2.75) is 25.3 Å². The van der Waals surface area contributed by atoms with Crippen molar-refractivity contribution >= 4 is 11.6 Å². The number of hydrogen-bond acceptors (Lipinski definition) is 3. The molecule has 1 aliphatic rings. The van der Waals surface area contributed by atoms with E-state index in [0.717, 1.165) is 5.56 Å². The van der Waals surface area contributed by atoms with Crippen LogP contribution in [-0.4, -0.2) is 31.1 Å². The maximum atomic E-state index is 12.9. The van der Waals surface area contributed by atoms with E-state index in [0.29, 0.717) is 5.69 Å². The fraction of sp³-hybridized carbons (Fsp3) is 0.462. The number of aryl methyl sites for hydroxylation is 1. The summed E-state index contributed by atoms with van der Waals surface area (Å²) < 4.78 is 48.1. The number of amides is 1. The van der Waals surface area contributed by atoms with Gasteiger partial charge in [0.25, 0.3) is 5.79 Å². The van der Waals surface area contributed by atoms with E-state index in [1.165, 1.54) is 0 Å². The molecule has 20 heavy (non-hydrogen) atoms. The number of hydrogen-bond donors (Lipinski definition) is 1. The Bertz CT molecular complexity index is 496. The number of anilines is 1. The zero-order valence-corrected chi connectivity index (χ0v) is 10.8. The van der Waals surface area contributed by atoms with E-state index in [9.17, 15) is 18.0 Å². The van der Waals surface area contributed by atoms with Crippen LogP contribution in [0.4, 0.5) is 18.9 Å². The molecule has 0 aliphatic carbocycles. The molecule has 1 N–H and O–H groups in total. The zero-order chi connectivity index (χ0) is 14.8. The minimum atomic E-state index is -4.76. The Morgan fingerprint density at radius 1 is 1.35 bits per heavy atom. The van der Waals surface area contributed by atoms with Gasteiger partial charge in [0.05, 0.1) is 19.6 Å². The summed E-state index contributed by atoms with van der Waals surface area (Å²) in [6.07, 6.45) is -5.68. The summed E-state index contributed by atoms with van der Waals surface area (Å²) in [5, 5.41) is 2.41. The van der Waals surface area contributed by atoms with Gasteiger partial charge in [0, 0.05) is 5.69 Å². The monoisotopic (exact) mass is 289 g/mol. The van der Waals surface area contributed by atoms with Gasteiger partial charge in [0.15, 0.2) is 0 Å². The maximum Gasteiger partial charge on any atom is 0.443 e. The Morgan fingerprint density at radius 2 is 2.00 bits per heavy atom. The topological polar surface area (TPSA) is 47.6 Å². The second kappa shape index (κ2) is 5.41. The highest BCUT2D eigenvalue weighted by atomic mass is 19.4.